The van der Waals surface area contributed by atoms with Gasteiger partial charge in [-0.05, 0) is 5.75 Å². The van der Waals surface area contributed by atoms with Gasteiger partial charge in [0.05, 0.1) is 4.45 Å². The summed E-state index contributed by atoms with van der Waals surface area (Å²) in [5.74, 6) is 0.794. The molecule has 0 fully saturated rings. The molecule has 0 aliphatic rings. The van der Waals surface area contributed by atoms with E-state index in [1.54, 1.807) is 0 Å². The van der Waals surface area contributed by atoms with E-state index in [1.165, 1.54) is 0 Å². The number of hydrogen-bond acceptors (Lipinski definition) is 3. The van der Waals surface area contributed by atoms with Gasteiger partial charge in [-0.2, -0.15) is 0 Å². The molecule has 0 aromatic rings. The number of hydrogen-bond donors (Lipinski definition) is 0. The van der Waals surface area contributed by atoms with E-state index >= 15 is 0 Å². The molecule has 0 amide bonds. The van der Waals surface area contributed by atoms with Gasteiger partial charge in [-0.3, -0.25) is 0 Å². The van der Waals surface area contributed by atoms with E-state index in [4.69, 9.17) is 0 Å². The Labute approximate surface area is 75.3 Å². The zero-order chi connectivity index (χ0) is 4.99. The van der Waals surface area contributed by atoms with Gasteiger partial charge in [0.25, 0.3) is 0 Å². The molecule has 1 nitrogen and oxygen atoms in total. The second-order valence-corrected chi connectivity index (χ2v) is 2.55. The fourth-order valence-corrected chi connectivity index (χ4v) is 0.707. The average Bonchev–Trinajstić information content (AvgIpc) is 1.35. The molecule has 0 saturated heterocycles. The van der Waals surface area contributed by atoms with Crippen molar-refractivity contribution in [1.29, 1.82) is 0 Å². The van der Waals surface area contributed by atoms with Crippen molar-refractivity contribution < 1.29 is 34.4 Å². The van der Waals surface area contributed by atoms with Crippen LogP contribution in [0.3, 0.4) is 0 Å². The smallest absolute Gasteiger partial charge is 0.730 e. The molecule has 4 heteroatoms. The molecule has 0 N–H and O–H groups in total. The van der Waals surface area contributed by atoms with E-state index in [9.17, 15) is 4.79 Å². The normalized spacial score (nSPS) is 7.00. The zero-order valence-corrected chi connectivity index (χ0v) is 8.06. The van der Waals surface area contributed by atoms with Gasteiger partial charge in [0.1, 0.15) is 0 Å². The van der Waals surface area contributed by atoms with Crippen molar-refractivity contribution in [2.45, 2.75) is 6.92 Å². The Morgan fingerprint density at radius 1 is 1.86 bits per heavy atom. The molecule has 0 aliphatic carbocycles. The van der Waals surface area contributed by atoms with Crippen LogP contribution in [0.1, 0.15) is 6.92 Å². The number of carbonyl (C=O) groups excluding carboxylic acids is 1. The largest absolute Gasteiger partial charge is 1.00 e. The maximum Gasteiger partial charge on any atom is 1.00 e. The van der Waals surface area contributed by atoms with Crippen molar-refractivity contribution in [3.05, 3.63) is 0 Å². The fourth-order valence-electron chi connectivity index (χ4n) is 0.118. The molecule has 0 aliphatic heterocycles. The molecule has 0 atom stereocenters. The van der Waals surface area contributed by atoms with E-state index in [2.05, 4.69) is 12.6 Å². The zero-order valence-electron chi connectivity index (χ0n) is 4.43. The van der Waals surface area contributed by atoms with Crippen LogP contribution >= 0.6 is 11.8 Å². The molecule has 7 heavy (non-hydrogen) atoms. The van der Waals surface area contributed by atoms with Gasteiger partial charge in [0.15, 0.2) is 0 Å². The van der Waals surface area contributed by atoms with Crippen molar-refractivity contribution in [2.24, 2.45) is 0 Å². The van der Waals surface area contributed by atoms with E-state index in [-0.39, 0.29) is 34.0 Å². The number of rotatable bonds is 1. The van der Waals surface area contributed by atoms with Crippen LogP contribution in [0.5, 0.6) is 0 Å². The maximum atomic E-state index is 9.82. The second-order valence-electron chi connectivity index (χ2n) is 0.683. The van der Waals surface area contributed by atoms with Crippen molar-refractivity contribution >= 4 is 28.8 Å². The summed E-state index contributed by atoms with van der Waals surface area (Å²) >= 11 is 5.36. The number of thioether (sulfide) groups is 1. The Morgan fingerprint density at radius 3 is 2.29 bits per heavy atom. The SMILES string of the molecule is CCSC(=O)[S-].[Na+]. The summed E-state index contributed by atoms with van der Waals surface area (Å²) in [6.45, 7) is 1.90. The number of carbonyl (C=O) groups is 1. The Kier molecular flexibility index (Phi) is 11.5. The van der Waals surface area contributed by atoms with Crippen molar-refractivity contribution in [2.75, 3.05) is 5.75 Å². The Morgan fingerprint density at radius 2 is 2.29 bits per heavy atom. The molecule has 0 radical (unpaired) electrons. The van der Waals surface area contributed by atoms with Crippen LogP contribution in [0.2, 0.25) is 0 Å². The minimum atomic E-state index is -0.211. The molecular formula is C3H5NaOS2. The van der Waals surface area contributed by atoms with Crippen molar-refractivity contribution in [3.63, 3.8) is 0 Å². The topological polar surface area (TPSA) is 17.1 Å². The molecule has 0 aromatic heterocycles. The van der Waals surface area contributed by atoms with E-state index < -0.39 is 0 Å². The van der Waals surface area contributed by atoms with Crippen LogP contribution in [0, 0.1) is 0 Å². The van der Waals surface area contributed by atoms with E-state index in [0.717, 1.165) is 17.5 Å². The van der Waals surface area contributed by atoms with Gasteiger partial charge < -0.3 is 17.4 Å². The molecule has 0 aromatic carbocycles. The monoisotopic (exact) mass is 144 g/mol. The van der Waals surface area contributed by atoms with Gasteiger partial charge in [0, 0.05) is 0 Å². The van der Waals surface area contributed by atoms with Gasteiger partial charge in [-0.25, -0.2) is 0 Å². The van der Waals surface area contributed by atoms with Crippen LogP contribution in [-0.4, -0.2) is 10.2 Å². The summed E-state index contributed by atoms with van der Waals surface area (Å²) in [4.78, 5) is 9.82. The molecule has 0 spiro atoms. The first-order chi connectivity index (χ1) is 2.77. The van der Waals surface area contributed by atoms with E-state index in [1.807, 2.05) is 6.92 Å². The summed E-state index contributed by atoms with van der Waals surface area (Å²) in [5, 5.41) is 0. The summed E-state index contributed by atoms with van der Waals surface area (Å²) in [6.07, 6.45) is 0. The third-order valence-electron chi connectivity index (χ3n) is 0.262. The van der Waals surface area contributed by atoms with Crippen LogP contribution in [0.15, 0.2) is 0 Å². The van der Waals surface area contributed by atoms with Crippen molar-refractivity contribution in [1.82, 2.24) is 0 Å². The van der Waals surface area contributed by atoms with Gasteiger partial charge in [-0.1, -0.05) is 6.92 Å². The predicted molar refractivity (Wildman–Crippen MR) is 30.9 cm³/mol. The first kappa shape index (κ1) is 11.1. The summed E-state index contributed by atoms with van der Waals surface area (Å²) in [5.41, 5.74) is 0. The minimum Gasteiger partial charge on any atom is -0.730 e. The molecule has 0 saturated carbocycles. The first-order valence-electron chi connectivity index (χ1n) is 1.61. The quantitative estimate of drug-likeness (QED) is 0.326. The van der Waals surface area contributed by atoms with Crippen LogP contribution < -0.4 is 29.6 Å². The summed E-state index contributed by atoms with van der Waals surface area (Å²) in [6, 6.07) is 0. The maximum absolute atomic E-state index is 9.82. The van der Waals surface area contributed by atoms with E-state index in [0.29, 0.717) is 0 Å². The predicted octanol–water partition coefficient (Wildman–Crippen LogP) is -1.59. The third-order valence-corrected chi connectivity index (χ3v) is 1.14. The standard InChI is InChI=1S/C3H6OS2.Na/c1-2-6-3(4)5;/h2H2,1H3,(H,4,5);/q;+1/p-1. The average molecular weight is 144 g/mol. The van der Waals surface area contributed by atoms with Crippen LogP contribution in [-0.2, 0) is 12.6 Å². The molecule has 0 bridgehead atoms. The second kappa shape index (κ2) is 7.24. The summed E-state index contributed by atoms with van der Waals surface area (Å²) in [7, 11) is 0. The van der Waals surface area contributed by atoms with Gasteiger partial charge in [0.2, 0.25) is 0 Å². The molecule has 0 unspecified atom stereocenters. The first-order valence-corrected chi connectivity index (χ1v) is 3.00. The third kappa shape index (κ3) is 11.1. The Bertz CT molecular complexity index is 56.9. The Balaban J connectivity index is 0. The molecule has 0 heterocycles. The van der Waals surface area contributed by atoms with Crippen LogP contribution in [0.4, 0.5) is 4.79 Å². The minimum absolute atomic E-state index is 0. The molecule has 0 rings (SSSR count). The molecular weight excluding hydrogens is 139 g/mol. The van der Waals surface area contributed by atoms with Gasteiger partial charge >= 0.3 is 29.6 Å². The van der Waals surface area contributed by atoms with Gasteiger partial charge in [-0.15, -0.1) is 11.8 Å². The Hall–Kier alpha value is 1.24. The fraction of sp³-hybridized carbons (Fsp3) is 0.667. The van der Waals surface area contributed by atoms with Crippen LogP contribution in [0.25, 0.3) is 0 Å². The summed E-state index contributed by atoms with van der Waals surface area (Å²) < 4.78 is -0.211. The molecule has 36 valence electrons. The van der Waals surface area contributed by atoms with Crippen molar-refractivity contribution in [3.8, 4) is 0 Å².